The molecule has 1 aliphatic heterocycles. The predicted molar refractivity (Wildman–Crippen MR) is 114 cm³/mol. The van der Waals surface area contributed by atoms with Crippen molar-refractivity contribution in [2.75, 3.05) is 11.9 Å². The molecule has 0 aliphatic carbocycles. The van der Waals surface area contributed by atoms with E-state index >= 15 is 0 Å². The average molecular weight is 376 g/mol. The molecule has 0 spiro atoms. The Bertz CT molecular complexity index is 1150. The van der Waals surface area contributed by atoms with Gasteiger partial charge in [-0.3, -0.25) is 0 Å². The van der Waals surface area contributed by atoms with E-state index < -0.39 is 0 Å². The van der Waals surface area contributed by atoms with Gasteiger partial charge in [-0.15, -0.1) is 0 Å². The van der Waals surface area contributed by atoms with Crippen molar-refractivity contribution in [3.63, 3.8) is 0 Å². The van der Waals surface area contributed by atoms with Crippen LogP contribution in [-0.2, 0) is 6.42 Å². The van der Waals surface area contributed by atoms with Crippen molar-refractivity contribution >= 4 is 5.82 Å². The molecule has 140 valence electrons. The quantitative estimate of drug-likeness (QED) is 0.552. The van der Waals surface area contributed by atoms with Crippen LogP contribution in [0.5, 0.6) is 0 Å². The second-order valence-corrected chi connectivity index (χ2v) is 7.18. The van der Waals surface area contributed by atoms with Crippen LogP contribution in [0.2, 0.25) is 0 Å². The summed E-state index contributed by atoms with van der Waals surface area (Å²) in [5, 5.41) is 18.1. The van der Waals surface area contributed by atoms with E-state index in [9.17, 15) is 5.26 Å². The fourth-order valence-corrected chi connectivity index (χ4v) is 4.16. The molecule has 4 heteroatoms. The molecule has 0 bridgehead atoms. The van der Waals surface area contributed by atoms with Crippen molar-refractivity contribution in [3.8, 4) is 11.8 Å². The Labute approximate surface area is 170 Å². The number of nitriles is 1. The molecule has 4 aromatic rings. The van der Waals surface area contributed by atoms with E-state index in [1.54, 1.807) is 0 Å². The zero-order chi connectivity index (χ0) is 19.6. The van der Waals surface area contributed by atoms with E-state index in [1.807, 2.05) is 41.1 Å². The summed E-state index contributed by atoms with van der Waals surface area (Å²) in [7, 11) is 0. The van der Waals surface area contributed by atoms with Crippen molar-refractivity contribution in [2.24, 2.45) is 0 Å². The van der Waals surface area contributed by atoms with E-state index in [-0.39, 0.29) is 5.92 Å². The average Bonchev–Trinajstić information content (AvgIpc) is 3.39. The van der Waals surface area contributed by atoms with E-state index in [0.717, 1.165) is 30.2 Å². The minimum Gasteiger partial charge on any atom is -0.369 e. The molecule has 0 radical (unpaired) electrons. The van der Waals surface area contributed by atoms with Crippen LogP contribution < -0.4 is 5.32 Å². The number of anilines is 1. The maximum absolute atomic E-state index is 9.59. The van der Waals surface area contributed by atoms with Gasteiger partial charge in [-0.2, -0.15) is 10.4 Å². The lowest BCUT2D eigenvalue weighted by atomic mass is 9.86. The summed E-state index contributed by atoms with van der Waals surface area (Å²) >= 11 is 0. The highest BCUT2D eigenvalue weighted by Gasteiger charge is 2.30. The maximum Gasteiger partial charge on any atom is 0.133 e. The number of hydrogen-bond acceptors (Lipinski definition) is 3. The minimum absolute atomic E-state index is 0.0431. The minimum atomic E-state index is 0.0431. The molecule has 1 aromatic heterocycles. The van der Waals surface area contributed by atoms with Gasteiger partial charge in [0.05, 0.1) is 22.9 Å². The molecule has 29 heavy (non-hydrogen) atoms. The Morgan fingerprint density at radius 1 is 0.862 bits per heavy atom. The molecule has 0 atom stereocenters. The fraction of sp³-hybridized carbons (Fsp3) is 0.120. The van der Waals surface area contributed by atoms with Crippen molar-refractivity contribution in [3.05, 3.63) is 113 Å². The molecule has 0 saturated heterocycles. The molecular formula is C25H20N4. The van der Waals surface area contributed by atoms with Crippen LogP contribution in [0.3, 0.4) is 0 Å². The van der Waals surface area contributed by atoms with Crippen LogP contribution in [0.1, 0.15) is 33.9 Å². The Kier molecular flexibility index (Phi) is 4.34. The fourth-order valence-electron chi connectivity index (χ4n) is 4.16. The van der Waals surface area contributed by atoms with Crippen LogP contribution in [0.4, 0.5) is 5.82 Å². The second-order valence-electron chi connectivity index (χ2n) is 7.18. The van der Waals surface area contributed by atoms with Gasteiger partial charge >= 0.3 is 0 Å². The third kappa shape index (κ3) is 2.97. The van der Waals surface area contributed by atoms with Gasteiger partial charge in [-0.1, -0.05) is 72.8 Å². The first-order valence-corrected chi connectivity index (χ1v) is 9.82. The van der Waals surface area contributed by atoms with Gasteiger partial charge in [0.25, 0.3) is 0 Å². The van der Waals surface area contributed by atoms with Crippen LogP contribution in [0.25, 0.3) is 5.69 Å². The van der Waals surface area contributed by atoms with Crippen LogP contribution >= 0.6 is 0 Å². The molecule has 5 rings (SSSR count). The predicted octanol–water partition coefficient (Wildman–Crippen LogP) is 4.89. The lowest BCUT2D eigenvalue weighted by Gasteiger charge is -2.17. The highest BCUT2D eigenvalue weighted by atomic mass is 15.3. The molecule has 0 unspecified atom stereocenters. The smallest absolute Gasteiger partial charge is 0.133 e. The number of rotatable bonds is 4. The lowest BCUT2D eigenvalue weighted by molar-refractivity contribution is 0.801. The van der Waals surface area contributed by atoms with Crippen LogP contribution in [0, 0.1) is 11.3 Å². The molecule has 0 amide bonds. The number of nitrogens with zero attached hydrogens (tertiary/aromatic N) is 3. The van der Waals surface area contributed by atoms with Gasteiger partial charge in [-0.25, -0.2) is 4.68 Å². The Hall–Kier alpha value is -3.84. The zero-order valence-corrected chi connectivity index (χ0v) is 15.9. The summed E-state index contributed by atoms with van der Waals surface area (Å²) in [6.45, 7) is 0.880. The standard InChI is InChI=1S/C25H20N4/c26-17-20-13-7-8-14-22(20)29-25-21(15-16-27-25)24(28-29)23(18-9-3-1-4-10-18)19-11-5-2-6-12-19/h1-14,23,27H,15-16H2. The summed E-state index contributed by atoms with van der Waals surface area (Å²) in [4.78, 5) is 0. The van der Waals surface area contributed by atoms with Gasteiger partial charge in [0.15, 0.2) is 0 Å². The number of nitrogens with one attached hydrogen (secondary N) is 1. The van der Waals surface area contributed by atoms with E-state index in [4.69, 9.17) is 5.10 Å². The largest absolute Gasteiger partial charge is 0.369 e. The summed E-state index contributed by atoms with van der Waals surface area (Å²) in [6, 6.07) is 31.0. The first-order valence-electron chi connectivity index (χ1n) is 9.82. The maximum atomic E-state index is 9.59. The zero-order valence-electron chi connectivity index (χ0n) is 15.9. The molecular weight excluding hydrogens is 356 g/mol. The summed E-state index contributed by atoms with van der Waals surface area (Å²) < 4.78 is 1.91. The summed E-state index contributed by atoms with van der Waals surface area (Å²) in [5.74, 6) is 1.04. The molecule has 4 nitrogen and oxygen atoms in total. The SMILES string of the molecule is N#Cc1ccccc1-n1nc(C(c2ccccc2)c2ccccc2)c2c1NCC2. The topological polar surface area (TPSA) is 53.6 Å². The van der Waals surface area contributed by atoms with Crippen molar-refractivity contribution in [2.45, 2.75) is 12.3 Å². The van der Waals surface area contributed by atoms with Gasteiger partial charge in [0.1, 0.15) is 11.9 Å². The van der Waals surface area contributed by atoms with Gasteiger partial charge in [-0.05, 0) is 29.7 Å². The monoisotopic (exact) mass is 376 g/mol. The van der Waals surface area contributed by atoms with Crippen molar-refractivity contribution in [1.29, 1.82) is 5.26 Å². The number of para-hydroxylation sites is 1. The van der Waals surface area contributed by atoms with Gasteiger partial charge in [0.2, 0.25) is 0 Å². The normalized spacial score (nSPS) is 12.4. The van der Waals surface area contributed by atoms with Crippen molar-refractivity contribution in [1.82, 2.24) is 9.78 Å². The first kappa shape index (κ1) is 17.3. The molecule has 1 aliphatic rings. The van der Waals surface area contributed by atoms with E-state index in [1.165, 1.54) is 16.7 Å². The van der Waals surface area contributed by atoms with Crippen LogP contribution in [-0.4, -0.2) is 16.3 Å². The van der Waals surface area contributed by atoms with Crippen LogP contribution in [0.15, 0.2) is 84.9 Å². The van der Waals surface area contributed by atoms with E-state index in [2.05, 4.69) is 59.9 Å². The third-order valence-corrected chi connectivity index (χ3v) is 5.47. The molecule has 0 fully saturated rings. The number of aromatic nitrogens is 2. The van der Waals surface area contributed by atoms with Crippen molar-refractivity contribution < 1.29 is 0 Å². The summed E-state index contributed by atoms with van der Waals surface area (Å²) in [6.07, 6.45) is 0.926. The molecule has 2 heterocycles. The number of fused-ring (bicyclic) bond motifs is 1. The molecule has 0 saturated carbocycles. The summed E-state index contributed by atoms with van der Waals surface area (Å²) in [5.41, 5.74) is 6.14. The Morgan fingerprint density at radius 3 is 2.14 bits per heavy atom. The second kappa shape index (κ2) is 7.29. The van der Waals surface area contributed by atoms with Gasteiger partial charge < -0.3 is 5.32 Å². The lowest BCUT2D eigenvalue weighted by Crippen LogP contribution is -2.10. The highest BCUT2D eigenvalue weighted by molar-refractivity contribution is 5.62. The number of benzene rings is 3. The Morgan fingerprint density at radius 2 is 1.48 bits per heavy atom. The number of hydrogen-bond donors (Lipinski definition) is 1. The van der Waals surface area contributed by atoms with E-state index in [0.29, 0.717) is 5.56 Å². The Balaban J connectivity index is 1.74. The molecule has 1 N–H and O–H groups in total. The highest BCUT2D eigenvalue weighted by Crippen LogP contribution is 2.39. The van der Waals surface area contributed by atoms with Gasteiger partial charge in [0, 0.05) is 12.1 Å². The third-order valence-electron chi connectivity index (χ3n) is 5.47. The molecule has 3 aromatic carbocycles. The first-order chi connectivity index (χ1) is 14.4.